The lowest BCUT2D eigenvalue weighted by molar-refractivity contribution is -0.134. The number of rotatable bonds is 5. The van der Waals surface area contributed by atoms with Gasteiger partial charge in [-0.05, 0) is 33.1 Å². The summed E-state index contributed by atoms with van der Waals surface area (Å²) in [6, 6.07) is 0.660. The molecule has 0 aliphatic carbocycles. The van der Waals surface area contributed by atoms with Crippen LogP contribution in [0.3, 0.4) is 0 Å². The lowest BCUT2D eigenvalue weighted by Gasteiger charge is -2.39. The molecule has 1 aliphatic rings. The minimum Gasteiger partial charge on any atom is -0.341 e. The van der Waals surface area contributed by atoms with E-state index in [-0.39, 0.29) is 11.9 Å². The predicted molar refractivity (Wildman–Crippen MR) is 75.4 cm³/mol. The molecule has 0 aromatic carbocycles. The van der Waals surface area contributed by atoms with Crippen LogP contribution in [0.5, 0.6) is 0 Å². The van der Waals surface area contributed by atoms with Gasteiger partial charge in [0.2, 0.25) is 5.91 Å². The highest BCUT2D eigenvalue weighted by atomic mass is 16.2. The number of likely N-dealkylation sites (tertiary alicyclic amines) is 1. The van der Waals surface area contributed by atoms with Gasteiger partial charge >= 0.3 is 0 Å². The Kier molecular flexibility index (Phi) is 6.09. The number of carbonyl (C=O) groups excluding carboxylic acids is 1. The van der Waals surface area contributed by atoms with Crippen molar-refractivity contribution in [3.63, 3.8) is 0 Å². The van der Waals surface area contributed by atoms with Crippen LogP contribution in [0.1, 0.15) is 46.5 Å². The quantitative estimate of drug-likeness (QED) is 0.809. The molecule has 1 saturated heterocycles. The van der Waals surface area contributed by atoms with Gasteiger partial charge in [0, 0.05) is 32.2 Å². The van der Waals surface area contributed by atoms with Crippen LogP contribution >= 0.6 is 0 Å². The van der Waals surface area contributed by atoms with Crippen molar-refractivity contribution in [2.75, 3.05) is 20.1 Å². The average Bonchev–Trinajstić information content (AvgIpc) is 2.37. The number of carbonyl (C=O) groups is 1. The van der Waals surface area contributed by atoms with Gasteiger partial charge in [-0.2, -0.15) is 0 Å². The minimum absolute atomic E-state index is 0.111. The monoisotopic (exact) mass is 255 g/mol. The molecule has 0 bridgehead atoms. The highest BCUT2D eigenvalue weighted by Gasteiger charge is 2.28. The van der Waals surface area contributed by atoms with E-state index in [9.17, 15) is 4.79 Å². The summed E-state index contributed by atoms with van der Waals surface area (Å²) in [5, 5.41) is 0. The molecular formula is C14H29N3O. The zero-order chi connectivity index (χ0) is 13.7. The Hall–Kier alpha value is -0.610. The number of likely N-dealkylation sites (N-methyl/N-ethyl adjacent to an activating group) is 1. The maximum atomic E-state index is 12.1. The van der Waals surface area contributed by atoms with E-state index in [1.54, 1.807) is 0 Å². The molecular weight excluding hydrogens is 226 g/mol. The Morgan fingerprint density at radius 2 is 1.94 bits per heavy atom. The minimum atomic E-state index is -0.317. The largest absolute Gasteiger partial charge is 0.341 e. The molecule has 0 aromatic heterocycles. The summed E-state index contributed by atoms with van der Waals surface area (Å²) in [5.74, 6) is 0.111. The Bertz CT molecular complexity index is 260. The molecule has 1 unspecified atom stereocenters. The second kappa shape index (κ2) is 7.10. The zero-order valence-electron chi connectivity index (χ0n) is 12.4. The van der Waals surface area contributed by atoms with Crippen LogP contribution in [-0.4, -0.2) is 54.0 Å². The summed E-state index contributed by atoms with van der Waals surface area (Å²) >= 11 is 0. The van der Waals surface area contributed by atoms with E-state index in [0.29, 0.717) is 12.1 Å². The molecule has 1 atom stereocenters. The molecule has 0 spiro atoms. The fraction of sp³-hybridized carbons (Fsp3) is 0.929. The molecule has 106 valence electrons. The molecule has 1 rings (SSSR count). The highest BCUT2D eigenvalue weighted by Crippen LogP contribution is 2.18. The number of piperidine rings is 1. The third-order valence-electron chi connectivity index (χ3n) is 4.04. The van der Waals surface area contributed by atoms with Gasteiger partial charge in [0.25, 0.3) is 0 Å². The van der Waals surface area contributed by atoms with Crippen LogP contribution in [0.25, 0.3) is 0 Å². The molecule has 1 aliphatic heterocycles. The van der Waals surface area contributed by atoms with Gasteiger partial charge in [0.05, 0.1) is 6.04 Å². The first-order valence-electron chi connectivity index (χ1n) is 7.23. The summed E-state index contributed by atoms with van der Waals surface area (Å²) in [6.45, 7) is 8.69. The van der Waals surface area contributed by atoms with Gasteiger partial charge in [-0.25, -0.2) is 0 Å². The molecule has 1 heterocycles. The van der Waals surface area contributed by atoms with Crippen LogP contribution in [0, 0.1) is 0 Å². The van der Waals surface area contributed by atoms with Crippen molar-refractivity contribution in [2.24, 2.45) is 5.73 Å². The van der Waals surface area contributed by atoms with Gasteiger partial charge in [0.1, 0.15) is 0 Å². The third kappa shape index (κ3) is 3.95. The predicted octanol–water partition coefficient (Wildman–Crippen LogP) is 1.45. The molecule has 0 saturated carbocycles. The van der Waals surface area contributed by atoms with Crippen molar-refractivity contribution in [3.8, 4) is 0 Å². The van der Waals surface area contributed by atoms with Crippen molar-refractivity contribution in [3.05, 3.63) is 0 Å². The first kappa shape index (κ1) is 15.4. The first-order chi connectivity index (χ1) is 8.47. The van der Waals surface area contributed by atoms with Gasteiger partial charge in [-0.1, -0.05) is 13.3 Å². The van der Waals surface area contributed by atoms with E-state index in [2.05, 4.69) is 25.7 Å². The molecule has 0 aromatic rings. The number of amides is 1. The summed E-state index contributed by atoms with van der Waals surface area (Å²) < 4.78 is 0. The molecule has 4 heteroatoms. The van der Waals surface area contributed by atoms with E-state index in [1.807, 2.05) is 11.9 Å². The van der Waals surface area contributed by atoms with Crippen molar-refractivity contribution in [2.45, 2.75) is 64.6 Å². The van der Waals surface area contributed by atoms with Crippen LogP contribution in [-0.2, 0) is 4.79 Å². The normalized spacial score (nSPS) is 20.1. The van der Waals surface area contributed by atoms with Gasteiger partial charge in [-0.3, -0.25) is 4.79 Å². The number of hydrogen-bond donors (Lipinski definition) is 1. The van der Waals surface area contributed by atoms with Gasteiger partial charge in [-0.15, -0.1) is 0 Å². The Morgan fingerprint density at radius 1 is 1.39 bits per heavy atom. The van der Waals surface area contributed by atoms with Crippen molar-refractivity contribution >= 4 is 5.91 Å². The van der Waals surface area contributed by atoms with E-state index in [4.69, 9.17) is 5.73 Å². The van der Waals surface area contributed by atoms with E-state index in [0.717, 1.165) is 38.8 Å². The number of nitrogens with zero attached hydrogens (tertiary/aromatic N) is 2. The maximum Gasteiger partial charge on any atom is 0.239 e. The Morgan fingerprint density at radius 3 is 2.39 bits per heavy atom. The SMILES string of the molecule is CCCC(N)C(=O)N(C)C1CCN(C(C)C)CC1. The molecule has 0 radical (unpaired) electrons. The van der Waals surface area contributed by atoms with Crippen LogP contribution in [0.2, 0.25) is 0 Å². The molecule has 1 amide bonds. The fourth-order valence-corrected chi connectivity index (χ4v) is 2.67. The summed E-state index contributed by atoms with van der Waals surface area (Å²) in [5.41, 5.74) is 5.91. The fourth-order valence-electron chi connectivity index (χ4n) is 2.67. The van der Waals surface area contributed by atoms with Gasteiger partial charge < -0.3 is 15.5 Å². The average molecular weight is 255 g/mol. The molecule has 2 N–H and O–H groups in total. The molecule has 4 nitrogen and oxygen atoms in total. The summed E-state index contributed by atoms with van der Waals surface area (Å²) in [7, 11) is 1.91. The van der Waals surface area contributed by atoms with E-state index < -0.39 is 0 Å². The summed E-state index contributed by atoms with van der Waals surface area (Å²) in [6.07, 6.45) is 3.89. The third-order valence-corrected chi connectivity index (χ3v) is 4.04. The molecule has 18 heavy (non-hydrogen) atoms. The second-order valence-corrected chi connectivity index (χ2v) is 5.71. The first-order valence-corrected chi connectivity index (χ1v) is 7.23. The Balaban J connectivity index is 2.44. The number of hydrogen-bond acceptors (Lipinski definition) is 3. The molecule has 1 fully saturated rings. The topological polar surface area (TPSA) is 49.6 Å². The van der Waals surface area contributed by atoms with Crippen LogP contribution < -0.4 is 5.73 Å². The van der Waals surface area contributed by atoms with Gasteiger partial charge in [0.15, 0.2) is 0 Å². The summed E-state index contributed by atoms with van der Waals surface area (Å²) in [4.78, 5) is 16.5. The zero-order valence-corrected chi connectivity index (χ0v) is 12.4. The Labute approximate surface area is 111 Å². The van der Waals surface area contributed by atoms with E-state index in [1.165, 1.54) is 0 Å². The lowest BCUT2D eigenvalue weighted by Crippen LogP contribution is -2.51. The maximum absolute atomic E-state index is 12.1. The van der Waals surface area contributed by atoms with Crippen molar-refractivity contribution in [1.29, 1.82) is 0 Å². The lowest BCUT2D eigenvalue weighted by atomic mass is 10.0. The van der Waals surface area contributed by atoms with Crippen LogP contribution in [0.15, 0.2) is 0 Å². The standard InChI is InChI=1S/C14H29N3O/c1-5-6-13(15)14(18)16(4)12-7-9-17(10-8-12)11(2)3/h11-13H,5-10,15H2,1-4H3. The van der Waals surface area contributed by atoms with E-state index >= 15 is 0 Å². The smallest absolute Gasteiger partial charge is 0.239 e. The second-order valence-electron chi connectivity index (χ2n) is 5.71. The van der Waals surface area contributed by atoms with Crippen molar-refractivity contribution in [1.82, 2.24) is 9.80 Å². The van der Waals surface area contributed by atoms with Crippen LogP contribution in [0.4, 0.5) is 0 Å². The van der Waals surface area contributed by atoms with Crippen molar-refractivity contribution < 1.29 is 4.79 Å². The number of nitrogens with two attached hydrogens (primary N) is 1. The highest BCUT2D eigenvalue weighted by molar-refractivity contribution is 5.81.